The highest BCUT2D eigenvalue weighted by Gasteiger charge is 2.26. The van der Waals surface area contributed by atoms with E-state index in [1.54, 1.807) is 6.07 Å². The van der Waals surface area contributed by atoms with E-state index in [0.29, 0.717) is 22.5 Å². The van der Waals surface area contributed by atoms with Crippen LogP contribution in [0.5, 0.6) is 0 Å². The molecule has 1 unspecified atom stereocenters. The summed E-state index contributed by atoms with van der Waals surface area (Å²) in [4.78, 5) is 0. The maximum Gasteiger partial charge on any atom is 0.183 e. The van der Waals surface area contributed by atoms with Crippen molar-refractivity contribution in [3.8, 4) is 11.4 Å². The molecule has 3 rings (SSSR count). The van der Waals surface area contributed by atoms with Gasteiger partial charge in [-0.1, -0.05) is 30.5 Å². The van der Waals surface area contributed by atoms with E-state index in [1.807, 2.05) is 16.8 Å². The number of nitrogens with zero attached hydrogens (tertiary/aromatic N) is 4. The van der Waals surface area contributed by atoms with Crippen LogP contribution in [0.15, 0.2) is 18.2 Å². The maximum atomic E-state index is 6.29. The molecule has 1 aromatic heterocycles. The molecule has 0 bridgehead atoms. The van der Waals surface area contributed by atoms with Crippen molar-refractivity contribution in [1.29, 1.82) is 0 Å². The summed E-state index contributed by atoms with van der Waals surface area (Å²) in [5, 5.41) is 12.6. The highest BCUT2D eigenvalue weighted by atomic mass is 35.5. The Labute approximate surface area is 123 Å². The molecule has 2 aromatic rings. The van der Waals surface area contributed by atoms with Gasteiger partial charge in [0, 0.05) is 5.56 Å². The van der Waals surface area contributed by atoms with Gasteiger partial charge in [-0.05, 0) is 48.2 Å². The van der Waals surface area contributed by atoms with Crippen LogP contribution in [0.1, 0.15) is 38.6 Å². The number of halogens is 1. The average molecular weight is 292 g/mol. The number of hydrogen-bond acceptors (Lipinski definition) is 4. The highest BCUT2D eigenvalue weighted by Crippen LogP contribution is 2.37. The SMILES string of the molecule is CC(C1CCCC1)n1nnnc1-c1cccc(N)c1Cl. The summed E-state index contributed by atoms with van der Waals surface area (Å²) < 4.78 is 1.89. The Hall–Kier alpha value is -1.62. The Kier molecular flexibility index (Phi) is 3.61. The van der Waals surface area contributed by atoms with Gasteiger partial charge in [0.2, 0.25) is 0 Å². The summed E-state index contributed by atoms with van der Waals surface area (Å²) in [5.41, 5.74) is 7.21. The topological polar surface area (TPSA) is 69.6 Å². The highest BCUT2D eigenvalue weighted by molar-refractivity contribution is 6.35. The molecule has 1 fully saturated rings. The molecule has 1 saturated carbocycles. The van der Waals surface area contributed by atoms with Gasteiger partial charge < -0.3 is 5.73 Å². The van der Waals surface area contributed by atoms with Gasteiger partial charge in [-0.3, -0.25) is 0 Å². The zero-order valence-corrected chi connectivity index (χ0v) is 12.2. The zero-order valence-electron chi connectivity index (χ0n) is 11.5. The fraction of sp³-hybridized carbons (Fsp3) is 0.500. The Morgan fingerprint density at radius 2 is 2.10 bits per heavy atom. The summed E-state index contributed by atoms with van der Waals surface area (Å²) in [6.07, 6.45) is 5.08. The monoisotopic (exact) mass is 291 g/mol. The van der Waals surface area contributed by atoms with Crippen LogP contribution in [-0.2, 0) is 0 Å². The third-order valence-electron chi connectivity index (χ3n) is 4.23. The number of anilines is 1. The Morgan fingerprint density at radius 1 is 1.35 bits per heavy atom. The summed E-state index contributed by atoms with van der Waals surface area (Å²) >= 11 is 6.29. The van der Waals surface area contributed by atoms with E-state index in [9.17, 15) is 0 Å². The van der Waals surface area contributed by atoms with Gasteiger partial charge in [-0.15, -0.1) is 5.10 Å². The van der Waals surface area contributed by atoms with Gasteiger partial charge in [-0.2, -0.15) is 0 Å². The van der Waals surface area contributed by atoms with Crippen LogP contribution in [0.25, 0.3) is 11.4 Å². The first-order valence-corrected chi connectivity index (χ1v) is 7.38. The zero-order chi connectivity index (χ0) is 14.1. The molecule has 106 valence electrons. The first kappa shape index (κ1) is 13.4. The van der Waals surface area contributed by atoms with Crippen molar-refractivity contribution < 1.29 is 0 Å². The molecule has 0 aliphatic heterocycles. The fourth-order valence-electron chi connectivity index (χ4n) is 3.01. The Morgan fingerprint density at radius 3 is 2.85 bits per heavy atom. The summed E-state index contributed by atoms with van der Waals surface area (Å²) in [6.45, 7) is 2.18. The van der Waals surface area contributed by atoms with Gasteiger partial charge in [0.15, 0.2) is 5.82 Å². The second kappa shape index (κ2) is 5.40. The van der Waals surface area contributed by atoms with Gasteiger partial charge in [0.05, 0.1) is 16.8 Å². The predicted octanol–water partition coefficient (Wildman–Crippen LogP) is 3.33. The predicted molar refractivity (Wildman–Crippen MR) is 79.3 cm³/mol. The van der Waals surface area contributed by atoms with Crippen molar-refractivity contribution >= 4 is 17.3 Å². The molecule has 0 spiro atoms. The summed E-state index contributed by atoms with van der Waals surface area (Å²) in [6, 6.07) is 5.83. The molecule has 5 nitrogen and oxygen atoms in total. The van der Waals surface area contributed by atoms with E-state index >= 15 is 0 Å². The molecule has 1 atom stereocenters. The molecular formula is C14H18ClN5. The minimum atomic E-state index is 0.278. The maximum absolute atomic E-state index is 6.29. The lowest BCUT2D eigenvalue weighted by Gasteiger charge is -2.20. The smallest absolute Gasteiger partial charge is 0.183 e. The molecule has 6 heteroatoms. The second-order valence-corrected chi connectivity index (χ2v) is 5.82. The van der Waals surface area contributed by atoms with Gasteiger partial charge in [0.1, 0.15) is 0 Å². The number of benzene rings is 1. The molecular weight excluding hydrogens is 274 g/mol. The first-order chi connectivity index (χ1) is 9.68. The van der Waals surface area contributed by atoms with Crippen molar-refractivity contribution in [3.63, 3.8) is 0 Å². The first-order valence-electron chi connectivity index (χ1n) is 7.00. The second-order valence-electron chi connectivity index (χ2n) is 5.44. The molecule has 1 aromatic carbocycles. The number of tetrazole rings is 1. The third kappa shape index (κ3) is 2.26. The lowest BCUT2D eigenvalue weighted by molar-refractivity contribution is 0.332. The lowest BCUT2D eigenvalue weighted by Crippen LogP contribution is -2.16. The van der Waals surface area contributed by atoms with Gasteiger partial charge in [-0.25, -0.2) is 4.68 Å². The van der Waals surface area contributed by atoms with Crippen molar-refractivity contribution in [2.45, 2.75) is 38.6 Å². The van der Waals surface area contributed by atoms with E-state index in [-0.39, 0.29) is 6.04 Å². The van der Waals surface area contributed by atoms with Crippen LogP contribution in [-0.4, -0.2) is 20.2 Å². The van der Waals surface area contributed by atoms with Crippen LogP contribution < -0.4 is 5.73 Å². The van der Waals surface area contributed by atoms with E-state index in [2.05, 4.69) is 22.4 Å². The minimum Gasteiger partial charge on any atom is -0.398 e. The van der Waals surface area contributed by atoms with Crippen LogP contribution in [0.4, 0.5) is 5.69 Å². The van der Waals surface area contributed by atoms with E-state index in [0.717, 1.165) is 5.56 Å². The normalized spacial score (nSPS) is 17.5. The number of nitrogen functional groups attached to an aromatic ring is 1. The quantitative estimate of drug-likeness (QED) is 0.881. The molecule has 20 heavy (non-hydrogen) atoms. The summed E-state index contributed by atoms with van der Waals surface area (Å²) in [5.74, 6) is 1.33. The van der Waals surface area contributed by atoms with E-state index in [1.165, 1.54) is 25.7 Å². The Bertz CT molecular complexity index is 603. The van der Waals surface area contributed by atoms with Gasteiger partial charge >= 0.3 is 0 Å². The number of rotatable bonds is 3. The third-order valence-corrected chi connectivity index (χ3v) is 4.65. The molecule has 0 amide bonds. The van der Waals surface area contributed by atoms with E-state index in [4.69, 9.17) is 17.3 Å². The molecule has 2 N–H and O–H groups in total. The van der Waals surface area contributed by atoms with E-state index < -0.39 is 0 Å². The van der Waals surface area contributed by atoms with Crippen molar-refractivity contribution in [1.82, 2.24) is 20.2 Å². The minimum absolute atomic E-state index is 0.278. The van der Waals surface area contributed by atoms with Crippen molar-refractivity contribution in [3.05, 3.63) is 23.2 Å². The van der Waals surface area contributed by atoms with Crippen LogP contribution in [0.3, 0.4) is 0 Å². The number of aromatic nitrogens is 4. The number of nitrogens with two attached hydrogens (primary N) is 1. The van der Waals surface area contributed by atoms with Crippen LogP contribution >= 0.6 is 11.6 Å². The standard InChI is InChI=1S/C14H18ClN5/c1-9(10-5-2-3-6-10)20-14(17-18-19-20)11-7-4-8-12(16)13(11)15/h4,7-10H,2-3,5-6,16H2,1H3. The van der Waals surface area contributed by atoms with Crippen molar-refractivity contribution in [2.75, 3.05) is 5.73 Å². The molecule has 1 aliphatic rings. The molecule has 1 aliphatic carbocycles. The largest absolute Gasteiger partial charge is 0.398 e. The molecule has 0 saturated heterocycles. The number of hydrogen-bond donors (Lipinski definition) is 1. The lowest BCUT2D eigenvalue weighted by atomic mass is 9.99. The summed E-state index contributed by atoms with van der Waals surface area (Å²) in [7, 11) is 0. The van der Waals surface area contributed by atoms with Crippen molar-refractivity contribution in [2.24, 2.45) is 5.92 Å². The van der Waals surface area contributed by atoms with Crippen LogP contribution in [0, 0.1) is 5.92 Å². The average Bonchev–Trinajstić information content (AvgIpc) is 3.11. The Balaban J connectivity index is 1.99. The van der Waals surface area contributed by atoms with Gasteiger partial charge in [0.25, 0.3) is 0 Å². The van der Waals surface area contributed by atoms with Crippen LogP contribution in [0.2, 0.25) is 5.02 Å². The fourth-order valence-corrected chi connectivity index (χ4v) is 3.22. The molecule has 1 heterocycles. The molecule has 0 radical (unpaired) electrons.